The van der Waals surface area contributed by atoms with Crippen LogP contribution in [0.2, 0.25) is 10.2 Å². The SMILES string of the molecule is Cc1cnc(Cn2ccc3c(Cl)nc(N)nc32)c(C)c1Cl.[Mo]. The van der Waals surface area contributed by atoms with E-state index in [-0.39, 0.29) is 27.0 Å². The van der Waals surface area contributed by atoms with E-state index in [9.17, 15) is 0 Å². The van der Waals surface area contributed by atoms with Gasteiger partial charge in [0.1, 0.15) is 10.8 Å². The Kier molecular flexibility index (Phi) is 5.10. The summed E-state index contributed by atoms with van der Waals surface area (Å²) < 4.78 is 1.93. The maximum absolute atomic E-state index is 6.28. The molecule has 0 spiro atoms. The summed E-state index contributed by atoms with van der Waals surface area (Å²) in [4.78, 5) is 12.6. The van der Waals surface area contributed by atoms with Crippen LogP contribution in [0, 0.1) is 13.8 Å². The molecule has 0 amide bonds. The van der Waals surface area contributed by atoms with Crippen molar-refractivity contribution in [1.29, 1.82) is 0 Å². The first kappa shape index (κ1) is 17.2. The fourth-order valence-corrected chi connectivity index (χ4v) is 2.64. The van der Waals surface area contributed by atoms with Crippen LogP contribution in [0.15, 0.2) is 18.5 Å². The van der Waals surface area contributed by atoms with Gasteiger partial charge in [-0.05, 0) is 31.0 Å². The summed E-state index contributed by atoms with van der Waals surface area (Å²) in [6, 6.07) is 1.86. The number of nitrogens with two attached hydrogens (primary N) is 1. The van der Waals surface area contributed by atoms with Crippen molar-refractivity contribution >= 4 is 40.2 Å². The van der Waals surface area contributed by atoms with Gasteiger partial charge < -0.3 is 10.3 Å². The average Bonchev–Trinajstić information content (AvgIpc) is 2.83. The molecule has 0 bridgehead atoms. The number of rotatable bonds is 2. The van der Waals surface area contributed by atoms with Crippen LogP contribution in [-0.2, 0) is 27.6 Å². The van der Waals surface area contributed by atoms with Gasteiger partial charge in [-0.15, -0.1) is 0 Å². The number of nitrogens with zero attached hydrogens (tertiary/aromatic N) is 4. The third-order valence-electron chi connectivity index (χ3n) is 3.43. The van der Waals surface area contributed by atoms with Crippen LogP contribution in [0.25, 0.3) is 11.0 Å². The summed E-state index contributed by atoms with van der Waals surface area (Å²) in [5, 5.41) is 1.85. The van der Waals surface area contributed by atoms with Gasteiger partial charge in [-0.2, -0.15) is 4.98 Å². The fraction of sp³-hybridized carbons (Fsp3) is 0.214. The minimum absolute atomic E-state index is 0. The van der Waals surface area contributed by atoms with Crippen molar-refractivity contribution < 1.29 is 21.1 Å². The van der Waals surface area contributed by atoms with Gasteiger partial charge in [0.25, 0.3) is 0 Å². The molecule has 2 N–H and O–H groups in total. The molecule has 0 aromatic carbocycles. The molecule has 8 heteroatoms. The number of aromatic nitrogens is 4. The van der Waals surface area contributed by atoms with E-state index in [1.165, 1.54) is 0 Å². The Hall–Kier alpha value is -1.16. The Morgan fingerprint density at radius 1 is 1.23 bits per heavy atom. The molecular formula is C14H13Cl2MoN5. The number of aryl methyl sites for hydroxylation is 1. The molecule has 0 unspecified atom stereocenters. The van der Waals surface area contributed by atoms with Gasteiger partial charge in [-0.25, -0.2) is 4.98 Å². The molecule has 0 fully saturated rings. The van der Waals surface area contributed by atoms with E-state index in [2.05, 4.69) is 15.0 Å². The largest absolute Gasteiger partial charge is 0.368 e. The molecule has 0 aliphatic rings. The normalized spacial score (nSPS) is 10.7. The van der Waals surface area contributed by atoms with Crippen molar-refractivity contribution in [3.05, 3.63) is 45.5 Å². The molecule has 114 valence electrons. The van der Waals surface area contributed by atoms with Crippen LogP contribution >= 0.6 is 23.2 Å². The smallest absolute Gasteiger partial charge is 0.223 e. The van der Waals surface area contributed by atoms with Gasteiger partial charge in [-0.1, -0.05) is 23.2 Å². The first-order valence-corrected chi connectivity index (χ1v) is 7.11. The predicted octanol–water partition coefficient (Wildman–Crippen LogP) is 3.38. The van der Waals surface area contributed by atoms with Crippen LogP contribution in [0.3, 0.4) is 0 Å². The summed E-state index contributed by atoms with van der Waals surface area (Å²) in [7, 11) is 0. The second-order valence-electron chi connectivity index (χ2n) is 4.88. The number of fused-ring (bicyclic) bond motifs is 1. The molecule has 0 aliphatic heterocycles. The van der Waals surface area contributed by atoms with E-state index in [0.717, 1.165) is 27.2 Å². The van der Waals surface area contributed by atoms with Crippen molar-refractivity contribution in [3.8, 4) is 0 Å². The van der Waals surface area contributed by atoms with E-state index in [1.54, 1.807) is 6.20 Å². The quantitative estimate of drug-likeness (QED) is 0.512. The summed E-state index contributed by atoms with van der Waals surface area (Å²) in [6.45, 7) is 4.44. The number of anilines is 1. The van der Waals surface area contributed by atoms with Gasteiger partial charge >= 0.3 is 0 Å². The zero-order valence-electron chi connectivity index (χ0n) is 12.0. The minimum atomic E-state index is 0. The Morgan fingerprint density at radius 2 is 1.95 bits per heavy atom. The number of halogens is 2. The first-order chi connectivity index (χ1) is 9.97. The molecular weight excluding hydrogens is 405 g/mol. The van der Waals surface area contributed by atoms with Gasteiger partial charge in [0.15, 0.2) is 0 Å². The molecule has 3 aromatic heterocycles. The summed E-state index contributed by atoms with van der Waals surface area (Å²) in [6.07, 6.45) is 3.66. The van der Waals surface area contributed by atoms with Crippen LogP contribution < -0.4 is 5.73 Å². The maximum Gasteiger partial charge on any atom is 0.223 e. The molecule has 0 saturated carbocycles. The van der Waals surface area contributed by atoms with Gasteiger partial charge in [-0.3, -0.25) is 4.98 Å². The molecule has 22 heavy (non-hydrogen) atoms. The van der Waals surface area contributed by atoms with Gasteiger partial charge in [0, 0.05) is 38.5 Å². The van der Waals surface area contributed by atoms with E-state index in [1.807, 2.05) is 30.7 Å². The minimum Gasteiger partial charge on any atom is -0.368 e. The first-order valence-electron chi connectivity index (χ1n) is 6.36. The molecule has 3 heterocycles. The van der Waals surface area contributed by atoms with Crippen LogP contribution in [0.1, 0.15) is 16.8 Å². The average molecular weight is 418 g/mol. The van der Waals surface area contributed by atoms with E-state index in [0.29, 0.717) is 17.3 Å². The fourth-order valence-electron chi connectivity index (χ4n) is 2.24. The molecule has 3 rings (SSSR count). The molecule has 5 nitrogen and oxygen atoms in total. The van der Waals surface area contributed by atoms with Crippen LogP contribution in [-0.4, -0.2) is 19.5 Å². The summed E-state index contributed by atoms with van der Waals surface area (Å²) in [5.74, 6) is 0.152. The molecule has 0 radical (unpaired) electrons. The molecule has 0 atom stereocenters. The van der Waals surface area contributed by atoms with E-state index >= 15 is 0 Å². The molecule has 0 saturated heterocycles. The van der Waals surface area contributed by atoms with E-state index < -0.39 is 0 Å². The monoisotopic (exact) mass is 419 g/mol. The van der Waals surface area contributed by atoms with Crippen LogP contribution in [0.4, 0.5) is 5.95 Å². The molecule has 0 aliphatic carbocycles. The number of hydrogen-bond acceptors (Lipinski definition) is 4. The summed E-state index contributed by atoms with van der Waals surface area (Å²) >= 11 is 12.4. The van der Waals surface area contributed by atoms with E-state index in [4.69, 9.17) is 28.9 Å². The third kappa shape index (κ3) is 2.98. The van der Waals surface area contributed by atoms with Crippen molar-refractivity contribution in [2.24, 2.45) is 0 Å². The Labute approximate surface area is 152 Å². The third-order valence-corrected chi connectivity index (χ3v) is 4.30. The Bertz CT molecular complexity index is 847. The zero-order chi connectivity index (χ0) is 15.1. The standard InChI is InChI=1S/C14H13Cl2N5.Mo/c1-7-5-18-10(8(2)11(7)15)6-21-4-3-9-12(16)19-14(17)20-13(9)21;/h3-5H,6H2,1-2H3,(H2,17,19,20);. The number of hydrogen-bond donors (Lipinski definition) is 1. The number of pyridine rings is 1. The van der Waals surface area contributed by atoms with Gasteiger partial charge in [0.05, 0.1) is 17.6 Å². The predicted molar refractivity (Wildman–Crippen MR) is 84.8 cm³/mol. The van der Waals surface area contributed by atoms with Crippen molar-refractivity contribution in [2.75, 3.05) is 5.73 Å². The van der Waals surface area contributed by atoms with Crippen LogP contribution in [0.5, 0.6) is 0 Å². The Morgan fingerprint density at radius 3 is 2.68 bits per heavy atom. The van der Waals surface area contributed by atoms with Crippen molar-refractivity contribution in [2.45, 2.75) is 20.4 Å². The topological polar surface area (TPSA) is 69.6 Å². The second kappa shape index (κ2) is 6.53. The van der Waals surface area contributed by atoms with Crippen molar-refractivity contribution in [1.82, 2.24) is 19.5 Å². The molecule has 3 aromatic rings. The van der Waals surface area contributed by atoms with Gasteiger partial charge in [0.2, 0.25) is 5.95 Å². The number of nitrogen functional groups attached to an aromatic ring is 1. The summed E-state index contributed by atoms with van der Waals surface area (Å²) in [5.41, 5.74) is 9.16. The maximum atomic E-state index is 6.28. The van der Waals surface area contributed by atoms with Crippen molar-refractivity contribution in [3.63, 3.8) is 0 Å². The Balaban J connectivity index is 0.00000176. The zero-order valence-corrected chi connectivity index (χ0v) is 15.5. The second-order valence-corrected chi connectivity index (χ2v) is 5.62.